The van der Waals surface area contributed by atoms with Gasteiger partial charge in [-0.25, -0.2) is 0 Å². The number of hydrogen-bond donors (Lipinski definition) is 1. The van der Waals surface area contributed by atoms with Crippen LogP contribution >= 0.6 is 12.2 Å². The number of morpholine rings is 1. The SMILES string of the molecule is Cc1ccc(-n2nnn(C[NH+]3CCOCC3)c2=S)c(C)c1. The van der Waals surface area contributed by atoms with E-state index in [2.05, 4.69) is 36.4 Å². The second kappa shape index (κ2) is 6.05. The third kappa shape index (κ3) is 3.04. The quantitative estimate of drug-likeness (QED) is 0.828. The maximum atomic E-state index is 5.52. The number of ether oxygens (including phenoxy) is 1. The van der Waals surface area contributed by atoms with Crippen LogP contribution in [0.5, 0.6) is 0 Å². The fourth-order valence-corrected chi connectivity index (χ4v) is 2.83. The van der Waals surface area contributed by atoms with Crippen molar-refractivity contribution in [1.82, 2.24) is 19.8 Å². The third-order valence-corrected chi connectivity index (χ3v) is 4.18. The lowest BCUT2D eigenvalue weighted by Gasteiger charge is -2.22. The molecular weight excluding hydrogens is 286 g/mol. The molecule has 1 aliphatic rings. The molecule has 0 bridgehead atoms. The van der Waals surface area contributed by atoms with Crippen LogP contribution in [0.25, 0.3) is 5.69 Å². The van der Waals surface area contributed by atoms with Gasteiger partial charge in [0, 0.05) is 0 Å². The molecule has 0 aliphatic carbocycles. The zero-order valence-corrected chi connectivity index (χ0v) is 13.2. The Morgan fingerprint density at radius 2 is 2.00 bits per heavy atom. The molecule has 112 valence electrons. The minimum Gasteiger partial charge on any atom is -0.370 e. The van der Waals surface area contributed by atoms with Crippen LogP contribution in [0.3, 0.4) is 0 Å². The molecule has 0 atom stereocenters. The monoisotopic (exact) mass is 306 g/mol. The number of tetrazole rings is 1. The molecule has 1 aliphatic heterocycles. The standard InChI is InChI=1S/C14H19N5OS/c1-11-3-4-13(12(2)9-11)19-14(21)18(15-16-19)10-17-5-7-20-8-6-17/h3-4,9H,5-8,10H2,1-2H3/p+1. The van der Waals surface area contributed by atoms with E-state index in [9.17, 15) is 0 Å². The van der Waals surface area contributed by atoms with E-state index in [1.165, 1.54) is 10.5 Å². The van der Waals surface area contributed by atoms with E-state index in [4.69, 9.17) is 17.0 Å². The van der Waals surface area contributed by atoms with Gasteiger partial charge in [-0.1, -0.05) is 17.7 Å². The summed E-state index contributed by atoms with van der Waals surface area (Å²) in [5.74, 6) is 0. The van der Waals surface area contributed by atoms with Crippen LogP contribution in [-0.2, 0) is 11.4 Å². The minimum atomic E-state index is 0.640. The fraction of sp³-hybridized carbons (Fsp3) is 0.500. The van der Waals surface area contributed by atoms with Crippen molar-refractivity contribution in [3.05, 3.63) is 34.1 Å². The Hall–Kier alpha value is -1.57. The second-order valence-electron chi connectivity index (χ2n) is 5.48. The van der Waals surface area contributed by atoms with Crippen molar-refractivity contribution >= 4 is 12.2 Å². The Kier molecular flexibility index (Phi) is 4.14. The van der Waals surface area contributed by atoms with E-state index >= 15 is 0 Å². The molecule has 0 spiro atoms. The predicted octanol–water partition coefficient (Wildman–Crippen LogP) is 0.288. The summed E-state index contributed by atoms with van der Waals surface area (Å²) in [7, 11) is 0. The lowest BCUT2D eigenvalue weighted by atomic mass is 10.1. The Bertz CT molecular complexity index is 687. The Morgan fingerprint density at radius 1 is 1.24 bits per heavy atom. The molecule has 6 nitrogen and oxygen atoms in total. The van der Waals surface area contributed by atoms with Gasteiger partial charge in [0.1, 0.15) is 13.1 Å². The van der Waals surface area contributed by atoms with Crippen LogP contribution in [0.1, 0.15) is 11.1 Å². The van der Waals surface area contributed by atoms with Crippen molar-refractivity contribution in [2.45, 2.75) is 20.5 Å². The summed E-state index contributed by atoms with van der Waals surface area (Å²) in [6, 6.07) is 6.24. The highest BCUT2D eigenvalue weighted by atomic mass is 32.1. The molecule has 2 heterocycles. The first-order valence-electron chi connectivity index (χ1n) is 7.17. The molecule has 0 amide bonds. The summed E-state index contributed by atoms with van der Waals surface area (Å²) in [5, 5.41) is 8.44. The molecule has 7 heteroatoms. The number of quaternary nitrogens is 1. The Balaban J connectivity index is 1.86. The first kappa shape index (κ1) is 14.4. The van der Waals surface area contributed by atoms with E-state index in [1.807, 2.05) is 6.07 Å². The van der Waals surface area contributed by atoms with Crippen molar-refractivity contribution in [3.63, 3.8) is 0 Å². The fourth-order valence-electron chi connectivity index (χ4n) is 2.60. The molecule has 21 heavy (non-hydrogen) atoms. The van der Waals surface area contributed by atoms with Crippen molar-refractivity contribution < 1.29 is 9.64 Å². The summed E-state index contributed by atoms with van der Waals surface area (Å²) in [4.78, 5) is 1.42. The van der Waals surface area contributed by atoms with Gasteiger partial charge in [-0.15, -0.1) is 0 Å². The molecule has 1 aromatic carbocycles. The molecule has 3 rings (SSSR count). The van der Waals surface area contributed by atoms with Gasteiger partial charge in [0.25, 0.3) is 0 Å². The lowest BCUT2D eigenvalue weighted by Crippen LogP contribution is -3.13. The summed E-state index contributed by atoms with van der Waals surface area (Å²) in [6.45, 7) is 8.45. The number of nitrogens with zero attached hydrogens (tertiary/aromatic N) is 4. The number of aryl methyl sites for hydroxylation is 2. The molecule has 0 saturated carbocycles. The highest BCUT2D eigenvalue weighted by Gasteiger charge is 2.16. The third-order valence-electron chi connectivity index (χ3n) is 3.79. The number of nitrogens with one attached hydrogen (secondary N) is 1. The largest absolute Gasteiger partial charge is 0.370 e. The van der Waals surface area contributed by atoms with Crippen LogP contribution in [0.2, 0.25) is 0 Å². The van der Waals surface area contributed by atoms with Gasteiger partial charge in [0.15, 0.2) is 6.67 Å². The maximum absolute atomic E-state index is 5.52. The summed E-state index contributed by atoms with van der Waals surface area (Å²) >= 11 is 5.52. The molecular formula is C14H20N5OS+. The smallest absolute Gasteiger partial charge is 0.225 e. The summed E-state index contributed by atoms with van der Waals surface area (Å²) in [5.41, 5.74) is 3.37. The molecule has 2 aromatic rings. The van der Waals surface area contributed by atoms with Crippen LogP contribution in [0.4, 0.5) is 0 Å². The first-order chi connectivity index (χ1) is 10.1. The maximum Gasteiger partial charge on any atom is 0.225 e. The van der Waals surface area contributed by atoms with Gasteiger partial charge in [0.2, 0.25) is 4.77 Å². The van der Waals surface area contributed by atoms with Crippen LogP contribution in [-0.4, -0.2) is 46.1 Å². The highest BCUT2D eigenvalue weighted by Crippen LogP contribution is 2.14. The average Bonchev–Trinajstić information content (AvgIpc) is 2.82. The van der Waals surface area contributed by atoms with Gasteiger partial charge >= 0.3 is 0 Å². The normalized spacial score (nSPS) is 16.3. The number of rotatable bonds is 3. The van der Waals surface area contributed by atoms with E-state index in [1.54, 1.807) is 9.36 Å². The summed E-state index contributed by atoms with van der Waals surface area (Å²) < 4.78 is 9.55. The average molecular weight is 306 g/mol. The van der Waals surface area contributed by atoms with Crippen molar-refractivity contribution in [3.8, 4) is 5.69 Å². The number of aromatic nitrogens is 4. The van der Waals surface area contributed by atoms with E-state index in [-0.39, 0.29) is 0 Å². The molecule has 1 N–H and O–H groups in total. The molecule has 1 saturated heterocycles. The predicted molar refractivity (Wildman–Crippen MR) is 81.2 cm³/mol. The molecule has 1 fully saturated rings. The Morgan fingerprint density at radius 3 is 2.71 bits per heavy atom. The van der Waals surface area contributed by atoms with Crippen molar-refractivity contribution in [2.75, 3.05) is 26.3 Å². The minimum absolute atomic E-state index is 0.640. The van der Waals surface area contributed by atoms with Gasteiger partial charge < -0.3 is 9.64 Å². The molecule has 0 unspecified atom stereocenters. The van der Waals surface area contributed by atoms with Gasteiger partial charge in [-0.05, 0) is 48.1 Å². The topological polar surface area (TPSA) is 49.3 Å². The molecule has 0 radical (unpaired) electrons. The van der Waals surface area contributed by atoms with Crippen molar-refractivity contribution in [1.29, 1.82) is 0 Å². The van der Waals surface area contributed by atoms with Gasteiger partial charge in [-0.2, -0.15) is 9.36 Å². The summed E-state index contributed by atoms with van der Waals surface area (Å²) in [6.07, 6.45) is 0. The van der Waals surface area contributed by atoms with Crippen LogP contribution in [0, 0.1) is 18.6 Å². The van der Waals surface area contributed by atoms with Crippen LogP contribution in [0.15, 0.2) is 18.2 Å². The zero-order chi connectivity index (χ0) is 14.8. The lowest BCUT2D eigenvalue weighted by molar-refractivity contribution is -0.931. The number of hydrogen-bond acceptors (Lipinski definition) is 4. The number of benzene rings is 1. The van der Waals surface area contributed by atoms with Crippen molar-refractivity contribution in [2.24, 2.45) is 0 Å². The van der Waals surface area contributed by atoms with E-state index in [0.717, 1.165) is 44.2 Å². The first-order valence-corrected chi connectivity index (χ1v) is 7.58. The van der Waals surface area contributed by atoms with E-state index in [0.29, 0.717) is 4.77 Å². The van der Waals surface area contributed by atoms with Gasteiger partial charge in [0.05, 0.1) is 18.9 Å². The zero-order valence-electron chi connectivity index (χ0n) is 12.4. The Labute approximate surface area is 128 Å². The van der Waals surface area contributed by atoms with Gasteiger partial charge in [-0.3, -0.25) is 0 Å². The van der Waals surface area contributed by atoms with Crippen LogP contribution < -0.4 is 4.90 Å². The molecule has 1 aromatic heterocycles. The van der Waals surface area contributed by atoms with E-state index < -0.39 is 0 Å². The highest BCUT2D eigenvalue weighted by molar-refractivity contribution is 7.71. The second-order valence-corrected chi connectivity index (χ2v) is 5.85.